The number of ether oxygens (including phenoxy) is 1. The van der Waals surface area contributed by atoms with Crippen molar-refractivity contribution in [2.45, 2.75) is 129 Å². The predicted octanol–water partition coefficient (Wildman–Crippen LogP) is 8.59. The average Bonchev–Trinajstić information content (AvgIpc) is 3.28. The zero-order chi connectivity index (χ0) is 52.9. The van der Waals surface area contributed by atoms with Gasteiger partial charge in [0, 0.05) is 27.5 Å². The molecule has 0 aliphatic rings. The van der Waals surface area contributed by atoms with Crippen LogP contribution in [0.5, 0.6) is 11.5 Å². The van der Waals surface area contributed by atoms with Gasteiger partial charge in [-0.1, -0.05) is 92.5 Å². The largest absolute Gasteiger partial charge is 0.507 e. The summed E-state index contributed by atoms with van der Waals surface area (Å²) < 4.78 is 45.1. The van der Waals surface area contributed by atoms with Crippen LogP contribution in [0.1, 0.15) is 87.3 Å². The van der Waals surface area contributed by atoms with E-state index in [4.69, 9.17) is 15.6 Å². The molecule has 0 saturated carbocycles. The summed E-state index contributed by atoms with van der Waals surface area (Å²) in [4.78, 5) is 71.9. The molecule has 4 rings (SSSR count). The van der Waals surface area contributed by atoms with Crippen molar-refractivity contribution in [2.24, 2.45) is 5.73 Å². The molecule has 15 nitrogen and oxygen atoms in total. The molecule has 390 valence electrons. The standard InChI is InChI=1S/C24H26BrF3N2O4.C18H26N2O5.C8H10BrNO.ClH/c1-14-12-18(25)13-17(21(14)32)9-11-20(31)15(2)29-22(33)19(30-23(34)24(26,27)28)10-8-16-6-4-3-5-7-16;1-12(16(22)23)19-15(21)14(20-17(24)25-18(2,3)4)11-10-13-8-6-5-7-9-13;1-5-2-7(9)3-6(4-10)8(5)11;/h3-7,12-13,15,19,32H,8-11H2,1-2H3,(H,29,33)(H,30,34);5-9,12,14H,10-11H2,1-4H3,(H,19,21)(H,20,24)(H,22,23);2-3,11H,4,10H2,1H3;1H/t15-,19+;12-,14+;;/m00../s1. The minimum absolute atomic E-state index is 0. The van der Waals surface area contributed by atoms with Crippen LogP contribution in [0, 0.1) is 13.8 Å². The monoisotopic (exact) mass is 1140 g/mol. The van der Waals surface area contributed by atoms with Crippen LogP contribution >= 0.6 is 44.3 Å². The maximum absolute atomic E-state index is 12.8. The van der Waals surface area contributed by atoms with Crippen LogP contribution in [0.4, 0.5) is 18.0 Å². The van der Waals surface area contributed by atoms with E-state index in [-0.39, 0.29) is 49.6 Å². The Morgan fingerprint density at radius 2 is 1.08 bits per heavy atom. The first-order valence-electron chi connectivity index (χ1n) is 22.1. The molecule has 0 unspecified atom stereocenters. The third-order valence-electron chi connectivity index (χ3n) is 10.1. The minimum Gasteiger partial charge on any atom is -0.507 e. The maximum atomic E-state index is 12.8. The van der Waals surface area contributed by atoms with E-state index < -0.39 is 65.7 Å². The number of nitrogens with one attached hydrogen (secondary N) is 4. The molecule has 4 aromatic rings. The van der Waals surface area contributed by atoms with Gasteiger partial charge in [-0.2, -0.15) is 13.2 Å². The number of halogens is 6. The molecule has 0 aliphatic carbocycles. The van der Waals surface area contributed by atoms with E-state index in [1.807, 2.05) is 49.4 Å². The van der Waals surface area contributed by atoms with E-state index in [0.29, 0.717) is 36.3 Å². The lowest BCUT2D eigenvalue weighted by atomic mass is 10.0. The second-order valence-electron chi connectivity index (χ2n) is 17.2. The van der Waals surface area contributed by atoms with Gasteiger partial charge in [0.15, 0.2) is 5.78 Å². The van der Waals surface area contributed by atoms with Crippen molar-refractivity contribution >= 4 is 79.8 Å². The zero-order valence-corrected chi connectivity index (χ0v) is 44.4. The van der Waals surface area contributed by atoms with Gasteiger partial charge in [-0.25, -0.2) is 4.79 Å². The predicted molar refractivity (Wildman–Crippen MR) is 273 cm³/mol. The van der Waals surface area contributed by atoms with Crippen molar-refractivity contribution in [3.8, 4) is 11.5 Å². The lowest BCUT2D eigenvalue weighted by Crippen LogP contribution is -2.53. The fourth-order valence-corrected chi connectivity index (χ4v) is 7.58. The number of Topliss-reactive ketones (excluding diaryl/α,β-unsaturated/α-hetero) is 1. The Hall–Kier alpha value is -5.70. The number of aryl methyl sites for hydroxylation is 5. The number of amides is 4. The van der Waals surface area contributed by atoms with Crippen LogP contribution in [0.2, 0.25) is 0 Å². The van der Waals surface area contributed by atoms with Crippen LogP contribution in [-0.2, 0) is 54.5 Å². The number of benzene rings is 4. The van der Waals surface area contributed by atoms with Crippen molar-refractivity contribution in [3.05, 3.63) is 127 Å². The highest BCUT2D eigenvalue weighted by molar-refractivity contribution is 9.10. The number of carboxylic acids is 1. The molecule has 0 heterocycles. The highest BCUT2D eigenvalue weighted by Gasteiger charge is 2.41. The normalized spacial score (nSPS) is 12.6. The lowest BCUT2D eigenvalue weighted by Gasteiger charge is -2.24. The van der Waals surface area contributed by atoms with E-state index in [9.17, 15) is 52.2 Å². The number of carbonyl (C=O) groups is 6. The Labute approximate surface area is 434 Å². The number of ketones is 1. The van der Waals surface area contributed by atoms with E-state index in [0.717, 1.165) is 31.2 Å². The molecular formula is C50H63Br2ClF3N5O10. The van der Waals surface area contributed by atoms with Crippen molar-refractivity contribution in [2.75, 3.05) is 0 Å². The SMILES string of the molecule is C[C@H](NC(=O)[C@@H](CCc1ccccc1)NC(=O)OC(C)(C)C)C(=O)O.Cc1cc(Br)cc(CCC(=O)[C@H](C)NC(=O)[C@@H](CCc2ccccc2)NC(=O)C(F)(F)F)c1O.Cc1cc(Br)cc(CN)c1O.Cl. The number of phenolic OH excluding ortho intramolecular Hbond substituents is 2. The highest BCUT2D eigenvalue weighted by Crippen LogP contribution is 2.28. The number of hydrogen-bond acceptors (Lipinski definition) is 10. The summed E-state index contributed by atoms with van der Waals surface area (Å²) in [5, 5.41) is 37.5. The average molecular weight is 1150 g/mol. The number of nitrogens with two attached hydrogens (primary N) is 1. The van der Waals surface area contributed by atoms with E-state index in [2.05, 4.69) is 47.8 Å². The first-order valence-corrected chi connectivity index (χ1v) is 23.7. The number of rotatable bonds is 18. The minimum atomic E-state index is -5.14. The second-order valence-corrected chi connectivity index (χ2v) is 19.0. The molecule has 21 heteroatoms. The zero-order valence-electron chi connectivity index (χ0n) is 40.4. The Balaban J connectivity index is 0.000000594. The summed E-state index contributed by atoms with van der Waals surface area (Å²) in [7, 11) is 0. The van der Waals surface area contributed by atoms with Crippen molar-refractivity contribution in [3.63, 3.8) is 0 Å². The molecule has 0 bridgehead atoms. The quantitative estimate of drug-likeness (QED) is 0.0469. The maximum Gasteiger partial charge on any atom is 0.471 e. The van der Waals surface area contributed by atoms with Gasteiger partial charge < -0.3 is 47.1 Å². The molecule has 4 aromatic carbocycles. The molecule has 0 radical (unpaired) electrons. The van der Waals surface area contributed by atoms with Crippen molar-refractivity contribution in [1.82, 2.24) is 21.3 Å². The van der Waals surface area contributed by atoms with Crippen LogP contribution in [-0.4, -0.2) is 86.8 Å². The molecule has 4 amide bonds. The van der Waals surface area contributed by atoms with Crippen LogP contribution in [0.25, 0.3) is 0 Å². The smallest absolute Gasteiger partial charge is 0.471 e. The van der Waals surface area contributed by atoms with Crippen LogP contribution in [0.3, 0.4) is 0 Å². The second kappa shape index (κ2) is 30.2. The third-order valence-corrected chi connectivity index (χ3v) is 11.1. The highest BCUT2D eigenvalue weighted by atomic mass is 79.9. The first kappa shape index (κ1) is 63.3. The summed E-state index contributed by atoms with van der Waals surface area (Å²) in [5.41, 5.74) is 9.32. The number of carbonyl (C=O) groups excluding carboxylic acids is 5. The molecule has 0 fully saturated rings. The fraction of sp³-hybridized carbons (Fsp3) is 0.400. The van der Waals surface area contributed by atoms with E-state index in [1.165, 1.54) is 13.8 Å². The van der Waals surface area contributed by atoms with Gasteiger partial charge in [0.05, 0.1) is 6.04 Å². The van der Waals surface area contributed by atoms with Gasteiger partial charge in [0.1, 0.15) is 35.2 Å². The Bertz CT molecular complexity index is 2390. The number of aromatic hydroxyl groups is 2. The molecule has 0 saturated heterocycles. The molecular weight excluding hydrogens is 1080 g/mol. The number of alkyl halides is 3. The topological polar surface area (TPSA) is 246 Å². The molecule has 9 N–H and O–H groups in total. The number of alkyl carbamates (subject to hydrolysis) is 1. The summed E-state index contributed by atoms with van der Waals surface area (Å²) in [6, 6.07) is 21.0. The lowest BCUT2D eigenvalue weighted by molar-refractivity contribution is -0.174. The van der Waals surface area contributed by atoms with Gasteiger partial charge in [-0.05, 0) is 133 Å². The number of hydrogen-bond donors (Lipinski definition) is 8. The molecule has 71 heavy (non-hydrogen) atoms. The molecule has 4 atom stereocenters. The fourth-order valence-electron chi connectivity index (χ4n) is 6.34. The Morgan fingerprint density at radius 1 is 0.662 bits per heavy atom. The Kier molecular flexibility index (Phi) is 27.0. The van der Waals surface area contributed by atoms with Crippen LogP contribution in [0.15, 0.2) is 93.9 Å². The third kappa shape index (κ3) is 23.8. The van der Waals surface area contributed by atoms with Gasteiger partial charge in [-0.3, -0.25) is 24.0 Å². The van der Waals surface area contributed by atoms with Gasteiger partial charge in [-0.15, -0.1) is 12.4 Å². The van der Waals surface area contributed by atoms with E-state index >= 15 is 0 Å². The summed E-state index contributed by atoms with van der Waals surface area (Å²) in [6.07, 6.45) is -4.61. The summed E-state index contributed by atoms with van der Waals surface area (Å²) >= 11 is 6.65. The summed E-state index contributed by atoms with van der Waals surface area (Å²) in [6.45, 7) is 11.9. The number of carboxylic acid groups (broad SMARTS) is 1. The molecule has 0 aromatic heterocycles. The Morgan fingerprint density at radius 3 is 1.51 bits per heavy atom. The molecule has 0 aliphatic heterocycles. The number of phenols is 2. The number of aliphatic carboxylic acids is 1. The molecule has 0 spiro atoms. The van der Waals surface area contributed by atoms with Crippen molar-refractivity contribution < 1.29 is 62.0 Å². The van der Waals surface area contributed by atoms with Crippen molar-refractivity contribution in [1.29, 1.82) is 0 Å². The summed E-state index contributed by atoms with van der Waals surface area (Å²) in [5.74, 6) is -4.80. The first-order chi connectivity index (χ1) is 32.6. The van der Waals surface area contributed by atoms with Gasteiger partial charge in [0.2, 0.25) is 11.8 Å². The van der Waals surface area contributed by atoms with Crippen LogP contribution < -0.4 is 27.0 Å². The van der Waals surface area contributed by atoms with E-state index in [1.54, 1.807) is 75.5 Å². The van der Waals surface area contributed by atoms with Gasteiger partial charge in [0.25, 0.3) is 0 Å². The van der Waals surface area contributed by atoms with Gasteiger partial charge >= 0.3 is 24.1 Å².